The molecule has 0 unspecified atom stereocenters. The first-order valence-corrected chi connectivity index (χ1v) is 5.20. The number of aromatic nitrogens is 1. The minimum atomic E-state index is -1.13. The van der Waals surface area contributed by atoms with Gasteiger partial charge in [0.05, 0.1) is 11.8 Å². The minimum absolute atomic E-state index is 0.0182. The molecule has 0 aliphatic heterocycles. The monoisotopic (exact) mass is 266 g/mol. The third-order valence-electron chi connectivity index (χ3n) is 2.06. The molecule has 92 valence electrons. The Morgan fingerprint density at radius 1 is 1.33 bits per heavy atom. The number of halogens is 1. The Morgan fingerprint density at radius 3 is 2.72 bits per heavy atom. The van der Waals surface area contributed by atoms with E-state index in [1.54, 1.807) is 0 Å². The predicted molar refractivity (Wildman–Crippen MR) is 62.9 cm³/mol. The third kappa shape index (κ3) is 2.67. The van der Waals surface area contributed by atoms with Gasteiger partial charge in [0.2, 0.25) is 5.76 Å². The van der Waals surface area contributed by atoms with E-state index in [2.05, 4.69) is 15.0 Å². The van der Waals surface area contributed by atoms with Gasteiger partial charge in [-0.15, -0.1) is 0 Å². The first-order chi connectivity index (χ1) is 8.56. The third-order valence-corrected chi connectivity index (χ3v) is 2.28. The van der Waals surface area contributed by atoms with Gasteiger partial charge in [0, 0.05) is 16.8 Å². The van der Waals surface area contributed by atoms with Crippen LogP contribution in [0.15, 0.2) is 35.0 Å². The van der Waals surface area contributed by atoms with Crippen LogP contribution < -0.4 is 5.32 Å². The second-order valence-electron chi connectivity index (χ2n) is 3.36. The van der Waals surface area contributed by atoms with Crippen molar-refractivity contribution < 1.29 is 19.2 Å². The molecule has 1 heterocycles. The number of hydrogen-bond donors (Lipinski definition) is 2. The molecule has 0 spiro atoms. The Morgan fingerprint density at radius 2 is 2.11 bits per heavy atom. The Hall–Kier alpha value is -2.34. The summed E-state index contributed by atoms with van der Waals surface area (Å²) in [5.74, 6) is -1.65. The van der Waals surface area contributed by atoms with Crippen LogP contribution in [0.3, 0.4) is 0 Å². The summed E-state index contributed by atoms with van der Waals surface area (Å²) < 4.78 is 4.66. The highest BCUT2D eigenvalue weighted by atomic mass is 35.5. The molecule has 1 aromatic heterocycles. The quantitative estimate of drug-likeness (QED) is 0.889. The molecule has 0 fully saturated rings. The summed E-state index contributed by atoms with van der Waals surface area (Å²) in [6.45, 7) is 0. The van der Waals surface area contributed by atoms with Crippen molar-refractivity contribution in [2.75, 3.05) is 5.32 Å². The average Bonchev–Trinajstić information content (AvgIpc) is 2.81. The van der Waals surface area contributed by atoms with Crippen molar-refractivity contribution in [3.63, 3.8) is 0 Å². The molecule has 2 rings (SSSR count). The van der Waals surface area contributed by atoms with E-state index in [1.807, 2.05) is 0 Å². The van der Waals surface area contributed by atoms with Gasteiger partial charge in [-0.3, -0.25) is 4.79 Å². The van der Waals surface area contributed by atoms with Gasteiger partial charge in [0.1, 0.15) is 0 Å². The van der Waals surface area contributed by atoms with Crippen LogP contribution in [0.1, 0.15) is 20.9 Å². The van der Waals surface area contributed by atoms with Crippen LogP contribution >= 0.6 is 11.6 Å². The molecule has 0 atom stereocenters. The summed E-state index contributed by atoms with van der Waals surface area (Å²) in [6.07, 6.45) is 1.33. The number of benzene rings is 1. The number of carbonyl (C=O) groups excluding carboxylic acids is 1. The van der Waals surface area contributed by atoms with Gasteiger partial charge in [-0.25, -0.2) is 4.79 Å². The summed E-state index contributed by atoms with van der Waals surface area (Å²) in [7, 11) is 0. The molecule has 0 saturated heterocycles. The second kappa shape index (κ2) is 4.89. The van der Waals surface area contributed by atoms with E-state index in [4.69, 9.17) is 16.7 Å². The Kier molecular flexibility index (Phi) is 3.29. The van der Waals surface area contributed by atoms with Crippen LogP contribution in [0, 0.1) is 0 Å². The SMILES string of the molecule is O=C(O)c1cc(Cl)cc(NC(=O)c2ccno2)c1. The van der Waals surface area contributed by atoms with Crippen molar-refractivity contribution in [3.05, 3.63) is 46.8 Å². The number of carboxylic acids is 1. The number of anilines is 1. The number of rotatable bonds is 3. The standard InChI is InChI=1S/C11H7ClN2O4/c12-7-3-6(11(16)17)4-8(5-7)14-10(15)9-1-2-13-18-9/h1-5H,(H,14,15)(H,16,17). The predicted octanol–water partition coefficient (Wildman–Crippen LogP) is 2.28. The van der Waals surface area contributed by atoms with Gasteiger partial charge in [-0.1, -0.05) is 16.8 Å². The van der Waals surface area contributed by atoms with Crippen LogP contribution in [0.25, 0.3) is 0 Å². The van der Waals surface area contributed by atoms with Gasteiger partial charge in [0.15, 0.2) is 0 Å². The fourth-order valence-corrected chi connectivity index (χ4v) is 1.55. The lowest BCUT2D eigenvalue weighted by molar-refractivity contribution is 0.0696. The zero-order valence-corrected chi connectivity index (χ0v) is 9.64. The maximum absolute atomic E-state index is 11.6. The molecule has 18 heavy (non-hydrogen) atoms. The van der Waals surface area contributed by atoms with E-state index in [1.165, 1.54) is 30.5 Å². The van der Waals surface area contributed by atoms with Crippen LogP contribution in [-0.4, -0.2) is 22.1 Å². The Balaban J connectivity index is 2.24. The zero-order chi connectivity index (χ0) is 13.1. The van der Waals surface area contributed by atoms with Crippen molar-refractivity contribution in [1.82, 2.24) is 5.16 Å². The molecule has 1 amide bonds. The second-order valence-corrected chi connectivity index (χ2v) is 3.80. The Bertz CT molecular complexity index is 595. The minimum Gasteiger partial charge on any atom is -0.478 e. The fourth-order valence-electron chi connectivity index (χ4n) is 1.31. The smallest absolute Gasteiger partial charge is 0.335 e. The number of carbonyl (C=O) groups is 2. The number of amides is 1. The molecule has 0 radical (unpaired) electrons. The van der Waals surface area contributed by atoms with E-state index >= 15 is 0 Å². The largest absolute Gasteiger partial charge is 0.478 e. The van der Waals surface area contributed by atoms with Crippen LogP contribution in [-0.2, 0) is 0 Å². The van der Waals surface area contributed by atoms with Crippen molar-refractivity contribution in [2.45, 2.75) is 0 Å². The van der Waals surface area contributed by atoms with Gasteiger partial charge in [-0.05, 0) is 18.2 Å². The van der Waals surface area contributed by atoms with Crippen molar-refractivity contribution >= 4 is 29.2 Å². The molecule has 0 aliphatic rings. The maximum atomic E-state index is 11.6. The summed E-state index contributed by atoms with van der Waals surface area (Å²) in [5.41, 5.74) is 0.247. The molecule has 1 aromatic carbocycles. The fraction of sp³-hybridized carbons (Fsp3) is 0. The number of aromatic carboxylic acids is 1. The lowest BCUT2D eigenvalue weighted by atomic mass is 10.2. The Labute approximate surface area is 106 Å². The maximum Gasteiger partial charge on any atom is 0.335 e. The first-order valence-electron chi connectivity index (χ1n) is 4.82. The van der Waals surface area contributed by atoms with Gasteiger partial charge >= 0.3 is 5.97 Å². The lowest BCUT2D eigenvalue weighted by Gasteiger charge is -2.04. The van der Waals surface area contributed by atoms with Crippen LogP contribution in [0.4, 0.5) is 5.69 Å². The summed E-state index contributed by atoms with van der Waals surface area (Å²) >= 11 is 5.75. The molecule has 0 bridgehead atoms. The van der Waals surface area contributed by atoms with Crippen molar-refractivity contribution in [3.8, 4) is 0 Å². The first kappa shape index (κ1) is 12.1. The topological polar surface area (TPSA) is 92.4 Å². The number of hydrogen-bond acceptors (Lipinski definition) is 4. The number of nitrogens with zero attached hydrogens (tertiary/aromatic N) is 1. The molecule has 2 N–H and O–H groups in total. The van der Waals surface area contributed by atoms with Crippen LogP contribution in [0.5, 0.6) is 0 Å². The number of carboxylic acid groups (broad SMARTS) is 1. The normalized spacial score (nSPS) is 10.1. The summed E-state index contributed by atoms with van der Waals surface area (Å²) in [4.78, 5) is 22.5. The van der Waals surface area contributed by atoms with Crippen LogP contribution in [0.2, 0.25) is 5.02 Å². The van der Waals surface area contributed by atoms with E-state index in [9.17, 15) is 9.59 Å². The van der Waals surface area contributed by atoms with E-state index < -0.39 is 11.9 Å². The average molecular weight is 267 g/mol. The molecule has 0 saturated carbocycles. The summed E-state index contributed by atoms with van der Waals surface area (Å²) in [6, 6.07) is 5.40. The highest BCUT2D eigenvalue weighted by Gasteiger charge is 2.12. The van der Waals surface area contributed by atoms with Crippen molar-refractivity contribution in [2.24, 2.45) is 0 Å². The molecule has 6 nitrogen and oxygen atoms in total. The lowest BCUT2D eigenvalue weighted by Crippen LogP contribution is -2.11. The van der Waals surface area contributed by atoms with E-state index in [0.717, 1.165) is 0 Å². The highest BCUT2D eigenvalue weighted by Crippen LogP contribution is 2.19. The van der Waals surface area contributed by atoms with Gasteiger partial charge in [-0.2, -0.15) is 0 Å². The zero-order valence-electron chi connectivity index (χ0n) is 8.88. The van der Waals surface area contributed by atoms with Gasteiger partial charge in [0.25, 0.3) is 5.91 Å². The highest BCUT2D eigenvalue weighted by molar-refractivity contribution is 6.31. The van der Waals surface area contributed by atoms with E-state index in [-0.39, 0.29) is 22.0 Å². The number of nitrogens with one attached hydrogen (secondary N) is 1. The molecular formula is C11H7ClN2O4. The summed E-state index contributed by atoms with van der Waals surface area (Å²) in [5, 5.41) is 14.9. The molecule has 2 aromatic rings. The van der Waals surface area contributed by atoms with E-state index in [0.29, 0.717) is 0 Å². The molecule has 0 aliphatic carbocycles. The molecular weight excluding hydrogens is 260 g/mol. The van der Waals surface area contributed by atoms with Crippen molar-refractivity contribution in [1.29, 1.82) is 0 Å². The van der Waals surface area contributed by atoms with Gasteiger partial charge < -0.3 is 14.9 Å². The molecule has 7 heteroatoms.